The first-order valence-corrected chi connectivity index (χ1v) is 5.94. The number of para-hydroxylation sites is 1. The first kappa shape index (κ1) is 12.9. The van der Waals surface area contributed by atoms with E-state index in [0.29, 0.717) is 18.0 Å². The van der Waals surface area contributed by atoms with Gasteiger partial charge in [0.1, 0.15) is 0 Å². The molecule has 1 aromatic carbocycles. The van der Waals surface area contributed by atoms with Crippen molar-refractivity contribution < 1.29 is 9.53 Å². The molecule has 6 heteroatoms. The number of carbonyl (C=O) groups is 1. The van der Waals surface area contributed by atoms with Gasteiger partial charge in [-0.25, -0.2) is 4.79 Å². The van der Waals surface area contributed by atoms with Crippen molar-refractivity contribution in [3.63, 3.8) is 0 Å². The Labute approximate surface area is 110 Å². The van der Waals surface area contributed by atoms with Gasteiger partial charge in [0.2, 0.25) is 5.75 Å². The number of nitrogens with one attached hydrogen (secondary N) is 2. The zero-order valence-corrected chi connectivity index (χ0v) is 10.8. The van der Waals surface area contributed by atoms with E-state index in [0.717, 1.165) is 4.68 Å². The predicted octanol–water partition coefficient (Wildman–Crippen LogP) is 1.96. The molecule has 2 rings (SSSR count). The standard InChI is InChI=1S/C13H15N3O3/c1-3-19-11-9(2)15-16(12(11)17)13(18)14-10-7-5-4-6-8-10/h4-8,15H,3H2,1-2H3,(H,14,18). The van der Waals surface area contributed by atoms with Crippen molar-refractivity contribution in [1.82, 2.24) is 9.78 Å². The molecule has 0 radical (unpaired) electrons. The third-order valence-corrected chi connectivity index (χ3v) is 2.53. The van der Waals surface area contributed by atoms with E-state index in [2.05, 4.69) is 10.4 Å². The number of nitrogens with zero attached hydrogens (tertiary/aromatic N) is 1. The highest BCUT2D eigenvalue weighted by molar-refractivity contribution is 5.90. The van der Waals surface area contributed by atoms with E-state index in [1.165, 1.54) is 0 Å². The average molecular weight is 261 g/mol. The van der Waals surface area contributed by atoms with Gasteiger partial charge in [-0.3, -0.25) is 9.89 Å². The zero-order valence-electron chi connectivity index (χ0n) is 10.8. The highest BCUT2D eigenvalue weighted by Crippen LogP contribution is 2.10. The molecule has 1 aromatic heterocycles. The molecule has 6 nitrogen and oxygen atoms in total. The lowest BCUT2D eigenvalue weighted by Gasteiger charge is -2.03. The molecule has 0 aliphatic carbocycles. The number of hydrogen-bond acceptors (Lipinski definition) is 3. The minimum absolute atomic E-state index is 0.172. The molecule has 19 heavy (non-hydrogen) atoms. The van der Waals surface area contributed by atoms with E-state index in [4.69, 9.17) is 4.74 Å². The quantitative estimate of drug-likeness (QED) is 0.886. The average Bonchev–Trinajstić information content (AvgIpc) is 2.68. The predicted molar refractivity (Wildman–Crippen MR) is 71.8 cm³/mol. The topological polar surface area (TPSA) is 76.1 Å². The lowest BCUT2D eigenvalue weighted by atomic mass is 10.3. The summed E-state index contributed by atoms with van der Waals surface area (Å²) in [7, 11) is 0. The molecule has 0 aliphatic rings. The molecular weight excluding hydrogens is 246 g/mol. The third kappa shape index (κ3) is 2.67. The summed E-state index contributed by atoms with van der Waals surface area (Å²) >= 11 is 0. The second kappa shape index (κ2) is 5.43. The van der Waals surface area contributed by atoms with Crippen LogP contribution in [0.5, 0.6) is 5.75 Å². The largest absolute Gasteiger partial charge is 0.487 e. The van der Waals surface area contributed by atoms with Gasteiger partial charge in [0.25, 0.3) is 0 Å². The van der Waals surface area contributed by atoms with E-state index < -0.39 is 11.6 Å². The molecule has 2 N–H and O–H groups in total. The van der Waals surface area contributed by atoms with Crippen LogP contribution in [0.25, 0.3) is 0 Å². The van der Waals surface area contributed by atoms with Crippen LogP contribution in [0.1, 0.15) is 12.6 Å². The number of ether oxygens (including phenoxy) is 1. The summed E-state index contributed by atoms with van der Waals surface area (Å²) in [6, 6.07) is 8.36. The van der Waals surface area contributed by atoms with Gasteiger partial charge < -0.3 is 10.1 Å². The molecule has 0 aliphatic heterocycles. The molecule has 0 unspecified atom stereocenters. The number of aryl methyl sites for hydroxylation is 1. The maximum Gasteiger partial charge on any atom is 0.348 e. The van der Waals surface area contributed by atoms with Crippen LogP contribution in [-0.2, 0) is 0 Å². The number of H-pyrrole nitrogens is 1. The van der Waals surface area contributed by atoms with Crippen LogP contribution in [0.3, 0.4) is 0 Å². The molecule has 0 atom stereocenters. The van der Waals surface area contributed by atoms with Crippen LogP contribution >= 0.6 is 0 Å². The number of carbonyl (C=O) groups excluding carboxylic acids is 1. The van der Waals surface area contributed by atoms with Crippen LogP contribution in [0.15, 0.2) is 35.1 Å². The van der Waals surface area contributed by atoms with Crippen LogP contribution in [0.2, 0.25) is 0 Å². The highest BCUT2D eigenvalue weighted by Gasteiger charge is 2.16. The number of rotatable bonds is 3. The fourth-order valence-corrected chi connectivity index (χ4v) is 1.69. The Hall–Kier alpha value is -2.50. The van der Waals surface area contributed by atoms with Crippen molar-refractivity contribution in [1.29, 1.82) is 0 Å². The Morgan fingerprint density at radius 3 is 2.68 bits per heavy atom. The second-order valence-corrected chi connectivity index (χ2v) is 3.94. The first-order valence-electron chi connectivity index (χ1n) is 5.94. The van der Waals surface area contributed by atoms with Gasteiger partial charge >= 0.3 is 11.6 Å². The third-order valence-electron chi connectivity index (χ3n) is 2.53. The Morgan fingerprint density at radius 1 is 1.37 bits per heavy atom. The fraction of sp³-hybridized carbons (Fsp3) is 0.231. The van der Waals surface area contributed by atoms with E-state index in [1.807, 2.05) is 6.07 Å². The fourth-order valence-electron chi connectivity index (χ4n) is 1.69. The Kier molecular flexibility index (Phi) is 3.70. The maximum absolute atomic E-state index is 12.0. The summed E-state index contributed by atoms with van der Waals surface area (Å²) in [4.78, 5) is 23.9. The minimum Gasteiger partial charge on any atom is -0.487 e. The summed E-state index contributed by atoms with van der Waals surface area (Å²) in [5, 5.41) is 5.30. The van der Waals surface area contributed by atoms with Gasteiger partial charge in [0.05, 0.1) is 12.3 Å². The zero-order chi connectivity index (χ0) is 13.8. The number of amides is 1. The van der Waals surface area contributed by atoms with Crippen LogP contribution in [0, 0.1) is 6.92 Å². The van der Waals surface area contributed by atoms with Gasteiger partial charge in [0, 0.05) is 5.69 Å². The number of aromatic nitrogens is 2. The smallest absolute Gasteiger partial charge is 0.348 e. The van der Waals surface area contributed by atoms with Gasteiger partial charge in [-0.2, -0.15) is 4.68 Å². The summed E-state index contributed by atoms with van der Waals surface area (Å²) < 4.78 is 6.10. The molecule has 1 heterocycles. The summed E-state index contributed by atoms with van der Waals surface area (Å²) in [6.07, 6.45) is 0. The molecule has 0 saturated heterocycles. The summed E-state index contributed by atoms with van der Waals surface area (Å²) in [6.45, 7) is 3.83. The van der Waals surface area contributed by atoms with Crippen molar-refractivity contribution in [2.24, 2.45) is 0 Å². The van der Waals surface area contributed by atoms with Crippen LogP contribution < -0.4 is 15.6 Å². The molecular formula is C13H15N3O3. The molecule has 100 valence electrons. The first-order chi connectivity index (χ1) is 9.13. The molecule has 1 amide bonds. The van der Waals surface area contributed by atoms with Crippen LogP contribution in [-0.4, -0.2) is 22.4 Å². The van der Waals surface area contributed by atoms with Crippen molar-refractivity contribution in [2.45, 2.75) is 13.8 Å². The van der Waals surface area contributed by atoms with E-state index in [1.54, 1.807) is 38.1 Å². The highest BCUT2D eigenvalue weighted by atomic mass is 16.5. The lowest BCUT2D eigenvalue weighted by Crippen LogP contribution is -2.30. The van der Waals surface area contributed by atoms with Crippen LogP contribution in [0.4, 0.5) is 10.5 Å². The number of anilines is 1. The molecule has 0 bridgehead atoms. The second-order valence-electron chi connectivity index (χ2n) is 3.94. The van der Waals surface area contributed by atoms with Crippen molar-refractivity contribution in [2.75, 3.05) is 11.9 Å². The van der Waals surface area contributed by atoms with Gasteiger partial charge in [-0.1, -0.05) is 18.2 Å². The number of hydrogen-bond donors (Lipinski definition) is 2. The normalized spacial score (nSPS) is 10.2. The van der Waals surface area contributed by atoms with Gasteiger partial charge in [0.15, 0.2) is 0 Å². The molecule has 0 fully saturated rings. The summed E-state index contributed by atoms with van der Waals surface area (Å²) in [5.41, 5.74) is 0.646. The van der Waals surface area contributed by atoms with E-state index >= 15 is 0 Å². The maximum atomic E-state index is 12.0. The molecule has 0 spiro atoms. The molecule has 0 saturated carbocycles. The number of benzene rings is 1. The van der Waals surface area contributed by atoms with Crippen molar-refractivity contribution >= 4 is 11.7 Å². The Balaban J connectivity index is 2.25. The van der Waals surface area contributed by atoms with Gasteiger partial charge in [-0.05, 0) is 26.0 Å². The minimum atomic E-state index is -0.551. The Bertz CT molecular complexity index is 628. The van der Waals surface area contributed by atoms with E-state index in [9.17, 15) is 9.59 Å². The summed E-state index contributed by atoms with van der Waals surface area (Å²) in [5.74, 6) is 0.172. The Morgan fingerprint density at radius 2 is 2.05 bits per heavy atom. The SMILES string of the molecule is CCOc1c(C)[nH]n(C(=O)Nc2ccccc2)c1=O. The number of aromatic amines is 1. The lowest BCUT2D eigenvalue weighted by molar-refractivity contribution is 0.250. The van der Waals surface area contributed by atoms with Gasteiger partial charge in [-0.15, -0.1) is 0 Å². The monoisotopic (exact) mass is 261 g/mol. The van der Waals surface area contributed by atoms with Crippen molar-refractivity contribution in [3.05, 3.63) is 46.4 Å². The van der Waals surface area contributed by atoms with E-state index in [-0.39, 0.29) is 5.75 Å². The molecule has 2 aromatic rings. The van der Waals surface area contributed by atoms with Crippen molar-refractivity contribution in [3.8, 4) is 5.75 Å².